The molecule has 0 aliphatic rings. The Morgan fingerprint density at radius 3 is 2.77 bits per heavy atom. The molecule has 0 amide bonds. The van der Waals surface area contributed by atoms with Crippen molar-refractivity contribution in [3.8, 4) is 0 Å². The Morgan fingerprint density at radius 1 is 1.38 bits per heavy atom. The predicted molar refractivity (Wildman–Crippen MR) is 51.2 cm³/mol. The van der Waals surface area contributed by atoms with Crippen LogP contribution in [0.3, 0.4) is 0 Å². The summed E-state index contributed by atoms with van der Waals surface area (Å²) in [4.78, 5) is 3.36. The Labute approximate surface area is 104 Å². The predicted octanol–water partition coefficient (Wildman–Crippen LogP) is 3.09. The molecule has 0 spiro atoms. The van der Waals surface area contributed by atoms with Crippen molar-refractivity contribution in [2.75, 3.05) is 0 Å². The number of aromatic amines is 1. The number of rotatable bonds is 1. The van der Waals surface area contributed by atoms with Gasteiger partial charge in [0.05, 0.1) is 0 Å². The molecule has 1 nitrogen and oxygen atoms in total. The topological polar surface area (TPSA) is 15.8 Å². The summed E-state index contributed by atoms with van der Waals surface area (Å²) < 4.78 is 0. The third-order valence-corrected chi connectivity index (χ3v) is 2.09. The second kappa shape index (κ2) is 4.39. The third-order valence-electron chi connectivity index (χ3n) is 2.09. The molecule has 2 heteroatoms. The zero-order valence-corrected chi connectivity index (χ0v) is 10.8. The van der Waals surface area contributed by atoms with Gasteiger partial charge in [-0.25, -0.2) is 0 Å². The molecule has 0 fully saturated rings. The zero-order valence-electron chi connectivity index (χ0n) is 7.96. The normalized spacial score (nSPS) is 10.4. The zero-order chi connectivity index (χ0) is 8.55. The summed E-state index contributed by atoms with van der Waals surface area (Å²) in [5.41, 5.74) is 2.47. The minimum atomic E-state index is 0. The number of hydrogen-bond donors (Lipinski definition) is 1. The van der Waals surface area contributed by atoms with E-state index in [1.807, 2.05) is 12.1 Å². The molecule has 1 heterocycles. The van der Waals surface area contributed by atoms with Crippen molar-refractivity contribution >= 4 is 10.9 Å². The molecule has 0 bridgehead atoms. The summed E-state index contributed by atoms with van der Waals surface area (Å²) in [6.07, 6.45) is 0. The first-order valence-electron chi connectivity index (χ1n) is 4.26. The van der Waals surface area contributed by atoms with Gasteiger partial charge < -0.3 is 4.98 Å². The van der Waals surface area contributed by atoms with Gasteiger partial charge in [-0.3, -0.25) is 0 Å². The van der Waals surface area contributed by atoms with Gasteiger partial charge in [0.1, 0.15) is 0 Å². The summed E-state index contributed by atoms with van der Waals surface area (Å²) >= 11 is 0. The molecule has 0 aliphatic carbocycles. The fourth-order valence-electron chi connectivity index (χ4n) is 1.34. The van der Waals surface area contributed by atoms with Crippen LogP contribution in [0.25, 0.3) is 10.9 Å². The van der Waals surface area contributed by atoms with Crippen LogP contribution in [0.15, 0.2) is 24.3 Å². The number of aromatic nitrogens is 1. The first-order valence-corrected chi connectivity index (χ1v) is 4.26. The van der Waals surface area contributed by atoms with Crippen LogP contribution >= 0.6 is 0 Å². The van der Waals surface area contributed by atoms with E-state index in [4.69, 9.17) is 0 Å². The van der Waals surface area contributed by atoms with Crippen molar-refractivity contribution in [2.24, 2.45) is 0 Å². The molecule has 1 N–H and O–H groups in total. The van der Waals surface area contributed by atoms with E-state index in [9.17, 15) is 0 Å². The SMILES string of the molecule is CC(C)c1cc2[c-]cccc2[nH]1.[Y]. The van der Waals surface area contributed by atoms with E-state index in [2.05, 4.69) is 37.0 Å². The van der Waals surface area contributed by atoms with E-state index in [1.165, 1.54) is 16.6 Å². The smallest absolute Gasteiger partial charge is 0 e. The summed E-state index contributed by atoms with van der Waals surface area (Å²) in [6, 6.07) is 11.4. The van der Waals surface area contributed by atoms with Crippen LogP contribution in [0.5, 0.6) is 0 Å². The molecule has 1 radical (unpaired) electrons. The maximum Gasteiger partial charge on any atom is 0 e. The van der Waals surface area contributed by atoms with Crippen molar-refractivity contribution in [3.05, 3.63) is 36.0 Å². The molecule has 0 unspecified atom stereocenters. The van der Waals surface area contributed by atoms with E-state index in [-0.39, 0.29) is 32.7 Å². The van der Waals surface area contributed by atoms with E-state index in [1.54, 1.807) is 0 Å². The third kappa shape index (κ3) is 2.21. The van der Waals surface area contributed by atoms with Gasteiger partial charge in [-0.2, -0.15) is 0 Å². The molecule has 2 rings (SSSR count). The van der Waals surface area contributed by atoms with Crippen molar-refractivity contribution in [1.29, 1.82) is 0 Å². The molecular formula is C11H12NY-. The Morgan fingerprint density at radius 2 is 2.15 bits per heavy atom. The molecule has 0 aliphatic heterocycles. The Hall–Kier alpha value is -0.136. The average molecular weight is 247 g/mol. The summed E-state index contributed by atoms with van der Waals surface area (Å²) in [7, 11) is 0. The minimum Gasteiger partial charge on any atom is -0.406 e. The molecule has 1 aromatic heterocycles. The monoisotopic (exact) mass is 247 g/mol. The summed E-state index contributed by atoms with van der Waals surface area (Å²) in [5, 5.41) is 1.18. The minimum absolute atomic E-state index is 0. The van der Waals surface area contributed by atoms with E-state index >= 15 is 0 Å². The van der Waals surface area contributed by atoms with Crippen molar-refractivity contribution in [2.45, 2.75) is 19.8 Å². The van der Waals surface area contributed by atoms with E-state index < -0.39 is 0 Å². The van der Waals surface area contributed by atoms with Crippen LogP contribution in [0.2, 0.25) is 0 Å². The van der Waals surface area contributed by atoms with Gasteiger partial charge in [-0.15, -0.1) is 35.7 Å². The van der Waals surface area contributed by atoms with Crippen LogP contribution in [0, 0.1) is 6.07 Å². The average Bonchev–Trinajstić information content (AvgIpc) is 2.46. The molecule has 0 saturated carbocycles. The van der Waals surface area contributed by atoms with Crippen LogP contribution in [0.1, 0.15) is 25.5 Å². The first-order chi connectivity index (χ1) is 5.77. The van der Waals surface area contributed by atoms with Gasteiger partial charge in [-0.1, -0.05) is 13.8 Å². The van der Waals surface area contributed by atoms with Crippen LogP contribution in [0.4, 0.5) is 0 Å². The second-order valence-electron chi connectivity index (χ2n) is 3.38. The standard InChI is InChI=1S/C11H12N.Y/c1-8(2)11-7-9-5-3-4-6-10(9)12-11;/h3-4,6-8,12H,1-2H3;/q-1;. The second-order valence-corrected chi connectivity index (χ2v) is 3.38. The Bertz CT molecular complexity index is 357. The molecule has 13 heavy (non-hydrogen) atoms. The number of hydrogen-bond acceptors (Lipinski definition) is 0. The quantitative estimate of drug-likeness (QED) is 0.745. The number of fused-ring (bicyclic) bond motifs is 1. The van der Waals surface area contributed by atoms with E-state index in [0.717, 1.165) is 0 Å². The molecular weight excluding hydrogens is 235 g/mol. The molecule has 0 atom stereocenters. The van der Waals surface area contributed by atoms with E-state index in [0.29, 0.717) is 5.92 Å². The van der Waals surface area contributed by atoms with Gasteiger partial charge in [-0.05, 0) is 17.1 Å². The maximum absolute atomic E-state index is 3.36. The summed E-state index contributed by atoms with van der Waals surface area (Å²) in [5.74, 6) is 0.561. The van der Waals surface area contributed by atoms with Gasteiger partial charge in [0, 0.05) is 32.7 Å². The molecule has 1 aromatic carbocycles. The van der Waals surface area contributed by atoms with Gasteiger partial charge in [0.15, 0.2) is 0 Å². The Kier molecular flexibility index (Phi) is 3.69. The van der Waals surface area contributed by atoms with Gasteiger partial charge in [0.2, 0.25) is 0 Å². The number of H-pyrrole nitrogens is 1. The molecule has 2 aromatic rings. The summed E-state index contributed by atoms with van der Waals surface area (Å²) in [6.45, 7) is 4.37. The number of benzene rings is 1. The fourth-order valence-corrected chi connectivity index (χ4v) is 1.34. The van der Waals surface area contributed by atoms with Gasteiger partial charge in [0.25, 0.3) is 0 Å². The van der Waals surface area contributed by atoms with Crippen molar-refractivity contribution < 1.29 is 32.7 Å². The first kappa shape index (κ1) is 10.9. The van der Waals surface area contributed by atoms with Gasteiger partial charge >= 0.3 is 0 Å². The van der Waals surface area contributed by atoms with Crippen LogP contribution in [-0.4, -0.2) is 4.98 Å². The van der Waals surface area contributed by atoms with Crippen molar-refractivity contribution in [1.82, 2.24) is 4.98 Å². The molecule has 0 saturated heterocycles. The van der Waals surface area contributed by atoms with Crippen LogP contribution in [-0.2, 0) is 32.7 Å². The van der Waals surface area contributed by atoms with Crippen molar-refractivity contribution in [3.63, 3.8) is 0 Å². The Balaban J connectivity index is 0.000000845. The fraction of sp³-hybridized carbons (Fsp3) is 0.273. The molecule has 65 valence electrons. The largest absolute Gasteiger partial charge is 0.406 e. The number of nitrogens with one attached hydrogen (secondary N) is 1. The maximum atomic E-state index is 3.36. The van der Waals surface area contributed by atoms with Crippen LogP contribution < -0.4 is 0 Å².